The predicted molar refractivity (Wildman–Crippen MR) is 67.2 cm³/mol. The first-order chi connectivity index (χ1) is 9.52. The van der Waals surface area contributed by atoms with Crippen molar-refractivity contribution in [3.63, 3.8) is 0 Å². The Morgan fingerprint density at radius 1 is 1.35 bits per heavy atom. The summed E-state index contributed by atoms with van der Waals surface area (Å²) in [6, 6.07) is 6.08. The van der Waals surface area contributed by atoms with Crippen molar-refractivity contribution in [2.24, 2.45) is 0 Å². The molecule has 0 bridgehead atoms. The largest absolute Gasteiger partial charge is 0.433 e. The number of likely N-dealkylation sites (N-methyl/N-ethyl adjacent to an activating group) is 1. The number of nitrogens with one attached hydrogen (secondary N) is 1. The highest BCUT2D eigenvalue weighted by atomic mass is 19.2. The summed E-state index contributed by atoms with van der Waals surface area (Å²) in [5.74, 6) is -1.94. The lowest BCUT2D eigenvalue weighted by molar-refractivity contribution is -0.402. The number of hydrogen-bond acceptors (Lipinski definition) is 4. The molecular weight excluding hydrogens is 270 g/mol. The number of furan rings is 1. The van der Waals surface area contributed by atoms with E-state index in [0.717, 1.165) is 6.07 Å². The van der Waals surface area contributed by atoms with Crippen LogP contribution in [0.3, 0.4) is 0 Å². The van der Waals surface area contributed by atoms with Gasteiger partial charge in [-0.25, -0.2) is 8.78 Å². The van der Waals surface area contributed by atoms with Gasteiger partial charge in [0, 0.05) is 0 Å². The van der Waals surface area contributed by atoms with Crippen molar-refractivity contribution >= 4 is 5.88 Å². The number of rotatable bonds is 5. The van der Waals surface area contributed by atoms with E-state index in [2.05, 4.69) is 5.32 Å². The van der Waals surface area contributed by atoms with E-state index in [1.165, 1.54) is 24.3 Å². The van der Waals surface area contributed by atoms with Crippen LogP contribution in [0.1, 0.15) is 17.4 Å². The lowest BCUT2D eigenvalue weighted by Crippen LogP contribution is -2.19. The Balaban J connectivity index is 2.24. The Kier molecular flexibility index (Phi) is 4.09. The lowest BCUT2D eigenvalue weighted by atomic mass is 10.0. The van der Waals surface area contributed by atoms with Gasteiger partial charge in [0.05, 0.1) is 12.1 Å². The first-order valence-electron chi connectivity index (χ1n) is 5.87. The molecule has 0 radical (unpaired) electrons. The number of benzene rings is 1. The van der Waals surface area contributed by atoms with Crippen LogP contribution in [0.15, 0.2) is 34.7 Å². The van der Waals surface area contributed by atoms with E-state index in [4.69, 9.17) is 4.42 Å². The van der Waals surface area contributed by atoms with Crippen molar-refractivity contribution in [1.82, 2.24) is 5.32 Å². The zero-order valence-corrected chi connectivity index (χ0v) is 10.6. The number of nitrogens with zero attached hydrogens (tertiary/aromatic N) is 1. The zero-order valence-electron chi connectivity index (χ0n) is 10.6. The summed E-state index contributed by atoms with van der Waals surface area (Å²) in [6.07, 6.45) is 0.116. The topological polar surface area (TPSA) is 68.3 Å². The molecule has 2 aromatic rings. The second-order valence-corrected chi connectivity index (χ2v) is 4.19. The van der Waals surface area contributed by atoms with Gasteiger partial charge in [-0.1, -0.05) is 12.1 Å². The molecule has 0 aliphatic heterocycles. The Labute approximate surface area is 113 Å². The van der Waals surface area contributed by atoms with Crippen LogP contribution < -0.4 is 5.32 Å². The van der Waals surface area contributed by atoms with Gasteiger partial charge in [0.1, 0.15) is 10.7 Å². The molecule has 1 heterocycles. The zero-order chi connectivity index (χ0) is 14.7. The second kappa shape index (κ2) is 5.79. The van der Waals surface area contributed by atoms with Crippen LogP contribution in [0, 0.1) is 21.7 Å². The molecule has 1 aromatic heterocycles. The summed E-state index contributed by atoms with van der Waals surface area (Å²) in [6.45, 7) is 0. The number of hydrogen-bond donors (Lipinski definition) is 1. The van der Waals surface area contributed by atoms with Crippen molar-refractivity contribution in [2.75, 3.05) is 7.05 Å². The SMILES string of the molecule is CNC(Cc1cccc(F)c1F)c1ccc([N+](=O)[O-])o1. The monoisotopic (exact) mass is 282 g/mol. The minimum atomic E-state index is -0.928. The van der Waals surface area contributed by atoms with Crippen molar-refractivity contribution in [1.29, 1.82) is 0 Å². The van der Waals surface area contributed by atoms with Crippen LogP contribution >= 0.6 is 0 Å². The average Bonchev–Trinajstić information content (AvgIpc) is 2.90. The van der Waals surface area contributed by atoms with Crippen LogP contribution in [0.2, 0.25) is 0 Å². The van der Waals surface area contributed by atoms with Gasteiger partial charge in [-0.05, 0) is 31.2 Å². The van der Waals surface area contributed by atoms with Crippen LogP contribution in [0.25, 0.3) is 0 Å². The van der Waals surface area contributed by atoms with Gasteiger partial charge in [-0.2, -0.15) is 0 Å². The molecule has 0 spiro atoms. The average molecular weight is 282 g/mol. The molecule has 2 rings (SSSR count). The molecule has 0 aliphatic carbocycles. The van der Waals surface area contributed by atoms with E-state index >= 15 is 0 Å². The minimum Gasteiger partial charge on any atom is -0.404 e. The van der Waals surface area contributed by atoms with Gasteiger partial charge in [0.2, 0.25) is 0 Å². The molecule has 0 aliphatic rings. The Morgan fingerprint density at radius 2 is 2.10 bits per heavy atom. The van der Waals surface area contributed by atoms with Gasteiger partial charge in [0.15, 0.2) is 11.6 Å². The van der Waals surface area contributed by atoms with E-state index in [1.807, 2.05) is 0 Å². The summed E-state index contributed by atoms with van der Waals surface area (Å²) in [7, 11) is 1.61. The molecule has 0 saturated heterocycles. The van der Waals surface area contributed by atoms with E-state index in [0.29, 0.717) is 5.76 Å². The minimum absolute atomic E-state index is 0.116. The maximum Gasteiger partial charge on any atom is 0.433 e. The molecular formula is C13H12F2N2O3. The highest BCUT2D eigenvalue weighted by Crippen LogP contribution is 2.25. The van der Waals surface area contributed by atoms with E-state index < -0.39 is 22.6 Å². The van der Waals surface area contributed by atoms with Gasteiger partial charge in [-0.3, -0.25) is 10.1 Å². The fraction of sp³-hybridized carbons (Fsp3) is 0.231. The molecule has 1 atom stereocenters. The fourth-order valence-electron chi connectivity index (χ4n) is 1.90. The van der Waals surface area contributed by atoms with Crippen molar-refractivity contribution in [3.05, 3.63) is 63.4 Å². The van der Waals surface area contributed by atoms with Gasteiger partial charge < -0.3 is 9.73 Å². The van der Waals surface area contributed by atoms with Crippen LogP contribution in [-0.2, 0) is 6.42 Å². The highest BCUT2D eigenvalue weighted by molar-refractivity contribution is 5.24. The number of halogens is 2. The fourth-order valence-corrected chi connectivity index (χ4v) is 1.90. The standard InChI is InChI=1S/C13H12F2N2O3/c1-16-10(11-5-6-12(20-11)17(18)19)7-8-3-2-4-9(14)13(8)15/h2-6,10,16H,7H2,1H3. The quantitative estimate of drug-likeness (QED) is 0.676. The molecule has 106 valence electrons. The maximum absolute atomic E-state index is 13.6. The van der Waals surface area contributed by atoms with Crippen LogP contribution in [0.4, 0.5) is 14.7 Å². The maximum atomic E-state index is 13.6. The lowest BCUT2D eigenvalue weighted by Gasteiger charge is -2.13. The van der Waals surface area contributed by atoms with Crippen molar-refractivity contribution in [2.45, 2.75) is 12.5 Å². The summed E-state index contributed by atoms with van der Waals surface area (Å²) in [4.78, 5) is 9.91. The predicted octanol–water partition coefficient (Wildman–Crippen LogP) is 2.97. The molecule has 1 aromatic carbocycles. The van der Waals surface area contributed by atoms with E-state index in [9.17, 15) is 18.9 Å². The van der Waals surface area contributed by atoms with Gasteiger partial charge >= 0.3 is 5.88 Å². The Bertz CT molecular complexity index is 628. The van der Waals surface area contributed by atoms with Gasteiger partial charge in [0.25, 0.3) is 0 Å². The van der Waals surface area contributed by atoms with Crippen LogP contribution in [0.5, 0.6) is 0 Å². The smallest absolute Gasteiger partial charge is 0.404 e. The van der Waals surface area contributed by atoms with Crippen molar-refractivity contribution in [3.8, 4) is 0 Å². The molecule has 0 saturated carbocycles. The van der Waals surface area contributed by atoms with Gasteiger partial charge in [-0.15, -0.1) is 0 Å². The molecule has 1 unspecified atom stereocenters. The third-order valence-electron chi connectivity index (χ3n) is 2.94. The summed E-state index contributed by atoms with van der Waals surface area (Å²) >= 11 is 0. The molecule has 1 N–H and O–H groups in total. The van der Waals surface area contributed by atoms with Crippen molar-refractivity contribution < 1.29 is 18.1 Å². The number of nitro groups is 1. The third kappa shape index (κ3) is 2.83. The second-order valence-electron chi connectivity index (χ2n) is 4.19. The third-order valence-corrected chi connectivity index (χ3v) is 2.94. The first-order valence-corrected chi connectivity index (χ1v) is 5.87. The molecule has 20 heavy (non-hydrogen) atoms. The first kappa shape index (κ1) is 14.1. The van der Waals surface area contributed by atoms with E-state index in [-0.39, 0.29) is 17.9 Å². The summed E-state index contributed by atoms with van der Waals surface area (Å²) in [5.41, 5.74) is 0.170. The van der Waals surface area contributed by atoms with E-state index in [1.54, 1.807) is 7.05 Å². The molecule has 5 nitrogen and oxygen atoms in total. The highest BCUT2D eigenvalue weighted by Gasteiger charge is 2.20. The Morgan fingerprint density at radius 3 is 2.70 bits per heavy atom. The normalized spacial score (nSPS) is 12.3. The summed E-state index contributed by atoms with van der Waals surface area (Å²) < 4.78 is 31.8. The molecule has 0 amide bonds. The molecule has 0 fully saturated rings. The Hall–Kier alpha value is -2.28. The molecule has 7 heteroatoms. The summed E-state index contributed by atoms with van der Waals surface area (Å²) in [5, 5.41) is 13.4. The van der Waals surface area contributed by atoms with Crippen LogP contribution in [-0.4, -0.2) is 12.0 Å².